The van der Waals surface area contributed by atoms with Crippen molar-refractivity contribution in [3.05, 3.63) is 29.3 Å². The number of H-pyrrole nitrogens is 1. The summed E-state index contributed by atoms with van der Waals surface area (Å²) in [5, 5.41) is 31.3. The van der Waals surface area contributed by atoms with E-state index in [-0.39, 0.29) is 40.7 Å². The molecule has 7 heterocycles. The molecule has 3 saturated heterocycles. The molecule has 9 atom stereocenters. The van der Waals surface area contributed by atoms with Gasteiger partial charge in [0.25, 0.3) is 5.56 Å². The first-order valence-corrected chi connectivity index (χ1v) is 15.4. The Morgan fingerprint density at radius 2 is 1.80 bits per heavy atom. The van der Waals surface area contributed by atoms with Crippen LogP contribution in [0, 0.1) is 0 Å². The molecule has 3 aliphatic rings. The van der Waals surface area contributed by atoms with Crippen LogP contribution < -0.4 is 17.0 Å². The molecule has 0 bridgehead atoms. The van der Waals surface area contributed by atoms with Crippen LogP contribution in [0.4, 0.5) is 11.8 Å². The van der Waals surface area contributed by atoms with Gasteiger partial charge < -0.3 is 50.8 Å². The Morgan fingerprint density at radius 1 is 1.11 bits per heavy atom. The van der Waals surface area contributed by atoms with Crippen LogP contribution in [-0.4, -0.2) is 120 Å². The SMILES string of the molecule is Nc1nc2c(ncn2[C@@H]2O[C@@]3(CO)COC3[C@@H]2OP(=O)(O)OC[C@H]2O[C@@H](n3cnc4c(N)ncnc43)[C@@H](O)C2O)c(=O)[nH]1.O=PO. The summed E-state index contributed by atoms with van der Waals surface area (Å²) >= 11 is 0. The minimum atomic E-state index is -4.97. The van der Waals surface area contributed by atoms with Crippen molar-refractivity contribution in [2.45, 2.75) is 48.6 Å². The molecule has 248 valence electrons. The molecule has 0 saturated carbocycles. The predicted molar refractivity (Wildman–Crippen MR) is 148 cm³/mol. The first-order valence-electron chi connectivity index (χ1n) is 13.1. The third kappa shape index (κ3) is 5.45. The number of phosphoric acid groups is 1. The summed E-state index contributed by atoms with van der Waals surface area (Å²) in [5.74, 6) is -0.114. The van der Waals surface area contributed by atoms with Gasteiger partial charge in [0.1, 0.15) is 48.0 Å². The maximum absolute atomic E-state index is 13.2. The van der Waals surface area contributed by atoms with Crippen molar-refractivity contribution in [2.75, 3.05) is 31.3 Å². The maximum atomic E-state index is 13.2. The molecule has 25 heteroatoms. The number of hydrogen-bond donors (Lipinski definition) is 8. The molecule has 3 unspecified atom stereocenters. The zero-order valence-corrected chi connectivity index (χ0v) is 24.9. The molecular formula is C21H26N10O13P2. The summed E-state index contributed by atoms with van der Waals surface area (Å²) in [6.45, 7) is -1.26. The van der Waals surface area contributed by atoms with Crippen molar-refractivity contribution in [1.29, 1.82) is 0 Å². The lowest BCUT2D eigenvalue weighted by Crippen LogP contribution is -2.61. The fourth-order valence-corrected chi connectivity index (χ4v) is 6.37. The van der Waals surface area contributed by atoms with Crippen LogP contribution in [0.3, 0.4) is 0 Å². The molecule has 0 aliphatic carbocycles. The van der Waals surface area contributed by atoms with Gasteiger partial charge in [-0.05, 0) is 0 Å². The third-order valence-corrected chi connectivity index (χ3v) is 8.59. The monoisotopic (exact) mass is 688 g/mol. The fourth-order valence-electron chi connectivity index (χ4n) is 5.45. The van der Waals surface area contributed by atoms with Crippen LogP contribution in [-0.2, 0) is 32.4 Å². The van der Waals surface area contributed by atoms with Crippen LogP contribution in [0.1, 0.15) is 12.5 Å². The molecule has 0 aromatic carbocycles. The predicted octanol–water partition coefficient (Wildman–Crippen LogP) is -2.91. The highest BCUT2D eigenvalue weighted by molar-refractivity contribution is 7.47. The lowest BCUT2D eigenvalue weighted by atomic mass is 9.91. The van der Waals surface area contributed by atoms with Crippen LogP contribution >= 0.6 is 16.5 Å². The van der Waals surface area contributed by atoms with Crippen LogP contribution in [0.25, 0.3) is 22.3 Å². The number of ether oxygens (including phenoxy) is 3. The number of nitrogens with one attached hydrogen (secondary N) is 1. The zero-order valence-electron chi connectivity index (χ0n) is 23.1. The first kappa shape index (κ1) is 32.4. The summed E-state index contributed by atoms with van der Waals surface area (Å²) in [6.07, 6.45) is -5.49. The number of nitrogens with zero attached hydrogens (tertiary/aromatic N) is 7. The number of anilines is 2. The highest BCUT2D eigenvalue weighted by atomic mass is 31.2. The standard InChI is InChI=1S/C21H25N10O11P.HO2P/c22-14-8-15(25-4-24-14)30(5-26-8)18-11(34)10(33)7(40-18)1-39-43(36,37)42-12-13-21(2-32,3-38-13)41-19(12)31-6-27-9-16(31)28-20(23)29-17(9)35;1-3-2/h4-7,10-13,18-19,32-34H,1-3H2,(H,36,37)(H2,22,24,25)(H3,23,28,29,35);(H,1,2)/t7-,10?,11+,12+,13?,18-,19-,21+;/m1./s1. The van der Waals surface area contributed by atoms with Gasteiger partial charge in [0.15, 0.2) is 35.1 Å². The molecule has 7 rings (SSSR count). The molecule has 0 amide bonds. The van der Waals surface area contributed by atoms with E-state index in [1.165, 1.54) is 28.1 Å². The summed E-state index contributed by atoms with van der Waals surface area (Å²) < 4.78 is 52.2. The van der Waals surface area contributed by atoms with Gasteiger partial charge in [-0.1, -0.05) is 0 Å². The number of aliphatic hydroxyl groups excluding tert-OH is 3. The van der Waals surface area contributed by atoms with E-state index in [4.69, 9.17) is 44.2 Å². The number of phosphoric ester groups is 1. The van der Waals surface area contributed by atoms with E-state index >= 15 is 0 Å². The summed E-state index contributed by atoms with van der Waals surface area (Å²) in [5.41, 5.74) is 9.96. The summed E-state index contributed by atoms with van der Waals surface area (Å²) in [7, 11) is -5.81. The molecular weight excluding hydrogens is 662 g/mol. The molecule has 3 fully saturated rings. The molecule has 4 aromatic heterocycles. The van der Waals surface area contributed by atoms with Gasteiger partial charge in [-0.15, -0.1) is 0 Å². The minimum Gasteiger partial charge on any atom is -0.393 e. The fraction of sp³-hybridized carbons (Fsp3) is 0.524. The smallest absolute Gasteiger partial charge is 0.393 e. The molecule has 4 aromatic rings. The van der Waals surface area contributed by atoms with Gasteiger partial charge in [-0.3, -0.25) is 28.0 Å². The Hall–Kier alpha value is -3.57. The zero-order chi connectivity index (χ0) is 33.0. The summed E-state index contributed by atoms with van der Waals surface area (Å²) in [6, 6.07) is 0. The van der Waals surface area contributed by atoms with Gasteiger partial charge in [0.05, 0.1) is 32.5 Å². The third-order valence-electron chi connectivity index (χ3n) is 7.61. The largest absolute Gasteiger partial charge is 0.472 e. The van der Waals surface area contributed by atoms with E-state index in [0.717, 1.165) is 0 Å². The van der Waals surface area contributed by atoms with Gasteiger partial charge in [0, 0.05) is 0 Å². The Bertz CT molecular complexity index is 1870. The quantitative estimate of drug-likeness (QED) is 0.0860. The number of nitrogens with two attached hydrogens (primary N) is 2. The number of imidazole rings is 2. The number of aliphatic hydroxyl groups is 3. The van der Waals surface area contributed by atoms with E-state index in [9.17, 15) is 29.6 Å². The minimum absolute atomic E-state index is 0.00973. The average Bonchev–Trinajstić information content (AvgIpc) is 3.72. The van der Waals surface area contributed by atoms with Crippen molar-refractivity contribution in [3.63, 3.8) is 0 Å². The Kier molecular flexibility index (Phi) is 8.60. The topological polar surface area (TPSA) is 341 Å². The van der Waals surface area contributed by atoms with Crippen molar-refractivity contribution in [2.24, 2.45) is 0 Å². The Labute approximate surface area is 256 Å². The second kappa shape index (κ2) is 12.2. The van der Waals surface area contributed by atoms with E-state index in [0.29, 0.717) is 0 Å². The lowest BCUT2D eigenvalue weighted by molar-refractivity contribution is -0.245. The van der Waals surface area contributed by atoms with Crippen molar-refractivity contribution in [1.82, 2.24) is 39.0 Å². The normalized spacial score (nSPS) is 31.8. The molecule has 0 radical (unpaired) electrons. The number of aromatic amines is 1. The van der Waals surface area contributed by atoms with Crippen LogP contribution in [0.15, 0.2) is 23.8 Å². The van der Waals surface area contributed by atoms with E-state index in [1.807, 2.05) is 0 Å². The van der Waals surface area contributed by atoms with Gasteiger partial charge in [-0.25, -0.2) is 29.1 Å². The van der Waals surface area contributed by atoms with Crippen molar-refractivity contribution in [3.8, 4) is 0 Å². The molecule has 10 N–H and O–H groups in total. The average molecular weight is 688 g/mol. The highest BCUT2D eigenvalue weighted by Gasteiger charge is 2.65. The molecule has 0 spiro atoms. The van der Waals surface area contributed by atoms with Crippen LogP contribution in [0.2, 0.25) is 0 Å². The van der Waals surface area contributed by atoms with Gasteiger partial charge in [-0.2, -0.15) is 4.98 Å². The van der Waals surface area contributed by atoms with Crippen LogP contribution in [0.5, 0.6) is 0 Å². The van der Waals surface area contributed by atoms with Gasteiger partial charge in [0.2, 0.25) is 5.95 Å². The maximum Gasteiger partial charge on any atom is 0.472 e. The number of rotatable bonds is 8. The molecule has 3 aliphatic heterocycles. The molecule has 23 nitrogen and oxygen atoms in total. The number of nitrogen functional groups attached to an aromatic ring is 2. The highest BCUT2D eigenvalue weighted by Crippen LogP contribution is 2.54. The molecule has 46 heavy (non-hydrogen) atoms. The second-order valence-corrected chi connectivity index (χ2v) is 11.9. The van der Waals surface area contributed by atoms with Crippen molar-refractivity contribution < 1.29 is 57.5 Å². The van der Waals surface area contributed by atoms with Gasteiger partial charge >= 0.3 is 16.5 Å². The lowest BCUT2D eigenvalue weighted by Gasteiger charge is -2.42. The van der Waals surface area contributed by atoms with E-state index in [1.54, 1.807) is 0 Å². The first-order chi connectivity index (χ1) is 21.9. The van der Waals surface area contributed by atoms with E-state index < -0.39 is 83.9 Å². The number of aromatic nitrogens is 8. The Morgan fingerprint density at radius 3 is 2.48 bits per heavy atom. The second-order valence-electron chi connectivity index (χ2n) is 10.3. The summed E-state index contributed by atoms with van der Waals surface area (Å²) in [4.78, 5) is 52.4. The number of fused-ring (bicyclic) bond motifs is 3. The number of hydrogen-bond acceptors (Lipinski definition) is 18. The van der Waals surface area contributed by atoms with E-state index in [2.05, 4.69) is 29.9 Å². The van der Waals surface area contributed by atoms with Crippen molar-refractivity contribution >= 4 is 50.6 Å². The Balaban J connectivity index is 0.00000119.